The third kappa shape index (κ3) is 55.8. The largest absolute Gasteiger partial charge is 0.472 e. The van der Waals surface area contributed by atoms with Crippen LogP contribution in [0.4, 0.5) is 0 Å². The van der Waals surface area contributed by atoms with Gasteiger partial charge in [-0.15, -0.1) is 0 Å². The number of esters is 3. The summed E-state index contributed by atoms with van der Waals surface area (Å²) < 4.78 is 39.5. The maximum absolute atomic E-state index is 12.9. The number of aliphatic hydroxyl groups is 1. The first-order valence-corrected chi connectivity index (χ1v) is 30.9. The molecule has 2 N–H and O–H groups in total. The zero-order chi connectivity index (χ0) is 56.9. The minimum Gasteiger partial charge on any atom is -0.462 e. The Balaban J connectivity index is 4.91. The number of rotatable bonds is 52. The summed E-state index contributed by atoms with van der Waals surface area (Å²) >= 11 is 0. The Morgan fingerprint density at radius 1 is 0.359 bits per heavy atom. The number of aliphatic hydroxyl groups excluding tert-OH is 1. The maximum Gasteiger partial charge on any atom is 0.472 e. The molecule has 0 aliphatic carbocycles. The van der Waals surface area contributed by atoms with Gasteiger partial charge in [0.2, 0.25) is 0 Å². The Morgan fingerprint density at radius 2 is 0.628 bits per heavy atom. The van der Waals surface area contributed by atoms with Gasteiger partial charge in [-0.25, -0.2) is 4.57 Å². The SMILES string of the molecule is CC/C=C\C/C=C\C/C=C\C/C=C\C/C=C\CCCCCC(=O)OCC(COP(=O)(O)OCC(CO)OC(=O)CCCCC/C=C\C/C=C\C/C=C\CC)OC(=O)CCCCC/C=C\C/C=C\C/C=C\C/C=C\C/C=C\CC. The molecule has 0 heterocycles. The van der Waals surface area contributed by atoms with Crippen molar-refractivity contribution in [1.82, 2.24) is 0 Å². The van der Waals surface area contributed by atoms with Gasteiger partial charge >= 0.3 is 25.7 Å². The molecule has 0 aromatic carbocycles. The van der Waals surface area contributed by atoms with Crippen LogP contribution in [-0.2, 0) is 42.2 Å². The second kappa shape index (κ2) is 58.3. The van der Waals surface area contributed by atoms with Crippen LogP contribution in [0, 0.1) is 0 Å². The number of phosphoric acid groups is 1. The third-order valence-corrected chi connectivity index (χ3v) is 12.4. The first-order chi connectivity index (χ1) is 38.2. The summed E-state index contributed by atoms with van der Waals surface area (Å²) in [7, 11) is -4.79. The topological polar surface area (TPSA) is 155 Å². The molecule has 0 fully saturated rings. The fourth-order valence-corrected chi connectivity index (χ4v) is 7.85. The van der Waals surface area contributed by atoms with Gasteiger partial charge in [-0.05, 0) is 141 Å². The summed E-state index contributed by atoms with van der Waals surface area (Å²) in [6, 6.07) is 0. The molecule has 0 radical (unpaired) electrons. The standard InChI is InChI=1S/C66H103O11P/c1-4-7-10-13-16-19-22-25-27-29-31-33-35-38-40-43-46-49-52-55-64(68)73-59-63(77-66(70)57-54-51-48-45-42-39-36-34-32-30-28-26-23-20-17-14-11-8-5-2)61-75-78(71,72)74-60-62(58-67)76-65(69)56-53-50-47-44-41-37-24-21-18-15-12-9-6-3/h7-12,16-21,25-28,31-34,37-42,62-63,67H,4-6,13-15,22-24,29-30,35-36,43-61H2,1-3H3,(H,71,72)/b10-7-,11-8-,12-9-,19-16-,20-17-,21-18-,27-25-,28-26-,33-31-,34-32-,40-38-,41-37-,42-39-. The smallest absolute Gasteiger partial charge is 0.462 e. The van der Waals surface area contributed by atoms with Crippen LogP contribution in [0.25, 0.3) is 0 Å². The maximum atomic E-state index is 12.9. The Labute approximate surface area is 473 Å². The van der Waals surface area contributed by atoms with Crippen LogP contribution < -0.4 is 0 Å². The molecule has 78 heavy (non-hydrogen) atoms. The lowest BCUT2D eigenvalue weighted by atomic mass is 10.1. The monoisotopic (exact) mass is 1100 g/mol. The van der Waals surface area contributed by atoms with Crippen molar-refractivity contribution in [2.75, 3.05) is 26.4 Å². The highest BCUT2D eigenvalue weighted by Crippen LogP contribution is 2.43. The number of allylic oxidation sites excluding steroid dienone is 26. The highest BCUT2D eigenvalue weighted by atomic mass is 31.2. The predicted octanol–water partition coefficient (Wildman–Crippen LogP) is 17.7. The van der Waals surface area contributed by atoms with Crippen LogP contribution in [0.15, 0.2) is 158 Å². The predicted molar refractivity (Wildman–Crippen MR) is 325 cm³/mol. The molecule has 0 aliphatic heterocycles. The van der Waals surface area contributed by atoms with E-state index in [1.54, 1.807) is 0 Å². The summed E-state index contributed by atoms with van der Waals surface area (Å²) in [5.74, 6) is -1.60. The van der Waals surface area contributed by atoms with Gasteiger partial charge in [0, 0.05) is 19.3 Å². The number of phosphoric ester groups is 1. The molecule has 0 bridgehead atoms. The second-order valence-electron chi connectivity index (χ2n) is 18.7. The van der Waals surface area contributed by atoms with Crippen molar-refractivity contribution >= 4 is 25.7 Å². The minimum absolute atomic E-state index is 0.108. The van der Waals surface area contributed by atoms with Crippen molar-refractivity contribution in [3.05, 3.63) is 158 Å². The number of hydrogen-bond donors (Lipinski definition) is 2. The molecule has 0 aromatic rings. The van der Waals surface area contributed by atoms with Crippen molar-refractivity contribution < 1.29 is 52.2 Å². The van der Waals surface area contributed by atoms with Crippen LogP contribution in [0.5, 0.6) is 0 Å². The second-order valence-corrected chi connectivity index (χ2v) is 20.1. The molecule has 0 saturated carbocycles. The van der Waals surface area contributed by atoms with Crippen molar-refractivity contribution in [1.29, 1.82) is 0 Å². The Morgan fingerprint density at radius 3 is 0.936 bits per heavy atom. The van der Waals surface area contributed by atoms with Gasteiger partial charge in [0.1, 0.15) is 12.7 Å². The van der Waals surface area contributed by atoms with E-state index in [0.717, 1.165) is 141 Å². The molecule has 12 heteroatoms. The number of ether oxygens (including phenoxy) is 3. The first-order valence-electron chi connectivity index (χ1n) is 29.4. The summed E-state index contributed by atoms with van der Waals surface area (Å²) in [4.78, 5) is 48.6. The van der Waals surface area contributed by atoms with Crippen molar-refractivity contribution in [3.8, 4) is 0 Å². The molecular weight excluding hydrogens is 1000 g/mol. The zero-order valence-corrected chi connectivity index (χ0v) is 49.2. The van der Waals surface area contributed by atoms with Gasteiger partial charge in [-0.3, -0.25) is 23.4 Å². The Bertz CT molecular complexity index is 1910. The van der Waals surface area contributed by atoms with E-state index < -0.39 is 57.8 Å². The molecule has 0 spiro atoms. The molecule has 3 atom stereocenters. The van der Waals surface area contributed by atoms with Crippen LogP contribution in [0.1, 0.15) is 201 Å². The zero-order valence-electron chi connectivity index (χ0n) is 48.3. The lowest BCUT2D eigenvalue weighted by Gasteiger charge is -2.21. The van der Waals surface area contributed by atoms with Gasteiger partial charge in [0.05, 0.1) is 19.8 Å². The fraction of sp³-hybridized carbons (Fsp3) is 0.561. The number of carbonyl (C=O) groups is 3. The van der Waals surface area contributed by atoms with Gasteiger partial charge in [-0.2, -0.15) is 0 Å². The molecule has 0 aromatic heterocycles. The van der Waals surface area contributed by atoms with Gasteiger partial charge in [0.15, 0.2) is 6.10 Å². The lowest BCUT2D eigenvalue weighted by Crippen LogP contribution is -2.30. The van der Waals surface area contributed by atoms with E-state index in [0.29, 0.717) is 19.3 Å². The van der Waals surface area contributed by atoms with Crippen LogP contribution in [0.3, 0.4) is 0 Å². The summed E-state index contributed by atoms with van der Waals surface area (Å²) in [6.07, 6.45) is 76.3. The highest BCUT2D eigenvalue weighted by Gasteiger charge is 2.28. The molecule has 11 nitrogen and oxygen atoms in total. The Hall–Kier alpha value is -4.90. The normalized spacial score (nSPS) is 14.5. The van der Waals surface area contributed by atoms with E-state index in [9.17, 15) is 28.9 Å². The molecule has 3 unspecified atom stereocenters. The summed E-state index contributed by atoms with van der Waals surface area (Å²) in [6.45, 7) is 4.16. The third-order valence-electron chi connectivity index (χ3n) is 11.4. The average Bonchev–Trinajstić information content (AvgIpc) is 3.43. The van der Waals surface area contributed by atoms with E-state index >= 15 is 0 Å². The van der Waals surface area contributed by atoms with Crippen LogP contribution in [-0.4, -0.2) is 66.5 Å². The molecule has 0 aliphatic rings. The molecule has 0 rings (SSSR count). The number of unbranched alkanes of at least 4 members (excludes halogenated alkanes) is 9. The quantitative estimate of drug-likeness (QED) is 0.0197. The summed E-state index contributed by atoms with van der Waals surface area (Å²) in [5, 5.41) is 9.81. The highest BCUT2D eigenvalue weighted by molar-refractivity contribution is 7.47. The average molecular weight is 1100 g/mol. The van der Waals surface area contributed by atoms with Crippen LogP contribution in [0.2, 0.25) is 0 Å². The molecule has 438 valence electrons. The van der Waals surface area contributed by atoms with Gasteiger partial charge < -0.3 is 24.2 Å². The van der Waals surface area contributed by atoms with Gasteiger partial charge in [0.25, 0.3) is 0 Å². The van der Waals surface area contributed by atoms with Crippen molar-refractivity contribution in [2.45, 2.75) is 213 Å². The number of hydrogen-bond acceptors (Lipinski definition) is 10. The van der Waals surface area contributed by atoms with E-state index in [2.05, 4.69) is 179 Å². The van der Waals surface area contributed by atoms with E-state index in [-0.39, 0.29) is 25.9 Å². The minimum atomic E-state index is -4.79. The molecule has 0 amide bonds. The Kier molecular flexibility index (Phi) is 54.6. The lowest BCUT2D eigenvalue weighted by molar-refractivity contribution is -0.161. The van der Waals surface area contributed by atoms with E-state index in [4.69, 9.17) is 23.3 Å². The van der Waals surface area contributed by atoms with E-state index in [1.165, 1.54) is 0 Å². The molecule has 0 saturated heterocycles. The van der Waals surface area contributed by atoms with Crippen molar-refractivity contribution in [3.63, 3.8) is 0 Å². The number of carbonyl (C=O) groups excluding carboxylic acids is 3. The van der Waals surface area contributed by atoms with Gasteiger partial charge in [-0.1, -0.05) is 198 Å². The molecular formula is C66H103O11P. The summed E-state index contributed by atoms with van der Waals surface area (Å²) in [5.41, 5.74) is 0. The van der Waals surface area contributed by atoms with Crippen LogP contribution >= 0.6 is 7.82 Å². The van der Waals surface area contributed by atoms with Crippen molar-refractivity contribution in [2.24, 2.45) is 0 Å². The fourth-order valence-electron chi connectivity index (χ4n) is 7.07. The first kappa shape index (κ1) is 73.1. The van der Waals surface area contributed by atoms with E-state index in [1.807, 2.05) is 0 Å².